The molecule has 2 aromatic rings. The van der Waals surface area contributed by atoms with E-state index in [2.05, 4.69) is 22.1 Å². The van der Waals surface area contributed by atoms with Gasteiger partial charge < -0.3 is 24.4 Å². The monoisotopic (exact) mass is 458 g/mol. The first-order valence-electron chi connectivity index (χ1n) is 11.1. The van der Waals surface area contributed by atoms with Gasteiger partial charge in [-0.05, 0) is 52.7 Å². The molecule has 0 bridgehead atoms. The highest BCUT2D eigenvalue weighted by atomic mass is 32.2. The number of hydrogen-bond acceptors (Lipinski definition) is 6. The summed E-state index contributed by atoms with van der Waals surface area (Å²) in [5.41, 5.74) is 3.07. The van der Waals surface area contributed by atoms with Crippen molar-refractivity contribution >= 4 is 23.8 Å². The summed E-state index contributed by atoms with van der Waals surface area (Å²) < 4.78 is 13.4. The predicted molar refractivity (Wildman–Crippen MR) is 121 cm³/mol. The molecule has 9 heteroatoms. The minimum Gasteiger partial charge on any atom is -0.464 e. The first-order chi connectivity index (χ1) is 15.4. The first kappa shape index (κ1) is 22.5. The van der Waals surface area contributed by atoms with Gasteiger partial charge in [-0.25, -0.2) is 14.6 Å². The molecule has 2 aliphatic rings. The number of carbonyl (C=O) groups excluding carboxylic acids is 2. The van der Waals surface area contributed by atoms with Gasteiger partial charge in [0.25, 0.3) is 0 Å². The van der Waals surface area contributed by atoms with Crippen LogP contribution in [0.4, 0.5) is 4.79 Å². The maximum absolute atomic E-state index is 12.9. The van der Waals surface area contributed by atoms with Crippen LogP contribution in [0.3, 0.4) is 0 Å². The molecule has 172 valence electrons. The predicted octanol–water partition coefficient (Wildman–Crippen LogP) is 4.48. The van der Waals surface area contributed by atoms with Crippen molar-refractivity contribution < 1.29 is 18.7 Å². The molecule has 3 heterocycles. The third-order valence-corrected chi connectivity index (χ3v) is 7.06. The van der Waals surface area contributed by atoms with Crippen LogP contribution in [0.15, 0.2) is 33.0 Å². The molecule has 8 nitrogen and oxygen atoms in total. The molecule has 2 amide bonds. The maximum Gasteiger partial charge on any atom is 0.338 e. The number of aryl methyl sites for hydroxylation is 2. The quantitative estimate of drug-likeness (QED) is 0.469. The fourth-order valence-electron chi connectivity index (χ4n) is 4.43. The van der Waals surface area contributed by atoms with Crippen LogP contribution < -0.4 is 10.6 Å². The molecule has 1 aliphatic carbocycles. The average molecular weight is 459 g/mol. The molecule has 4 rings (SSSR count). The fraction of sp³-hybridized carbons (Fsp3) is 0.522. The van der Waals surface area contributed by atoms with E-state index in [0.29, 0.717) is 34.6 Å². The van der Waals surface area contributed by atoms with E-state index in [1.807, 2.05) is 19.9 Å². The van der Waals surface area contributed by atoms with E-state index in [4.69, 9.17) is 14.1 Å². The zero-order valence-electron chi connectivity index (χ0n) is 19.0. The van der Waals surface area contributed by atoms with Crippen LogP contribution in [0, 0.1) is 20.8 Å². The number of urea groups is 1. The van der Waals surface area contributed by atoms with Gasteiger partial charge >= 0.3 is 12.0 Å². The number of imidazole rings is 1. The van der Waals surface area contributed by atoms with Crippen molar-refractivity contribution in [2.45, 2.75) is 70.6 Å². The third kappa shape index (κ3) is 4.44. The van der Waals surface area contributed by atoms with Gasteiger partial charge in [-0.2, -0.15) is 0 Å². The van der Waals surface area contributed by atoms with Gasteiger partial charge in [0.2, 0.25) is 0 Å². The Hall–Kier alpha value is -2.68. The normalized spacial score (nSPS) is 19.2. The highest BCUT2D eigenvalue weighted by molar-refractivity contribution is 7.99. The summed E-state index contributed by atoms with van der Waals surface area (Å²) in [4.78, 5) is 30.1. The minimum atomic E-state index is -0.704. The van der Waals surface area contributed by atoms with Crippen LogP contribution in [0.2, 0.25) is 0 Å². The van der Waals surface area contributed by atoms with E-state index in [1.54, 1.807) is 13.0 Å². The average Bonchev–Trinajstić information content (AvgIpc) is 3.48. The molecule has 2 N–H and O–H groups in total. The summed E-state index contributed by atoms with van der Waals surface area (Å²) in [7, 11) is 0. The lowest BCUT2D eigenvalue weighted by molar-refractivity contribution is -0.139. The van der Waals surface area contributed by atoms with Gasteiger partial charge in [-0.3, -0.25) is 0 Å². The third-order valence-electron chi connectivity index (χ3n) is 6.08. The lowest BCUT2D eigenvalue weighted by Gasteiger charge is -2.28. The van der Waals surface area contributed by atoms with Gasteiger partial charge in [0.15, 0.2) is 5.16 Å². The van der Waals surface area contributed by atoms with Gasteiger partial charge in [0, 0.05) is 23.2 Å². The van der Waals surface area contributed by atoms with Gasteiger partial charge in [0.05, 0.1) is 17.9 Å². The van der Waals surface area contributed by atoms with Crippen molar-refractivity contribution in [1.29, 1.82) is 0 Å². The number of ether oxygens (including phenoxy) is 1. The number of esters is 1. The molecule has 1 aliphatic heterocycles. The summed E-state index contributed by atoms with van der Waals surface area (Å²) in [6, 6.07) is 2.96. The molecule has 0 saturated heterocycles. The van der Waals surface area contributed by atoms with Gasteiger partial charge in [0.1, 0.15) is 17.6 Å². The van der Waals surface area contributed by atoms with Crippen molar-refractivity contribution in [1.82, 2.24) is 20.2 Å². The van der Waals surface area contributed by atoms with E-state index < -0.39 is 12.0 Å². The SMILES string of the molecule is CCOC(=O)C1=C(CSc2nc(C)c(C)n2C2CCCC2)NC(=O)NC1c1ccc(C)o1. The second-order valence-electron chi connectivity index (χ2n) is 8.25. The van der Waals surface area contributed by atoms with E-state index in [0.717, 1.165) is 23.7 Å². The van der Waals surface area contributed by atoms with Crippen LogP contribution in [-0.2, 0) is 9.53 Å². The number of furan rings is 1. The molecule has 1 saturated carbocycles. The van der Waals surface area contributed by atoms with Crippen molar-refractivity contribution in [2.75, 3.05) is 12.4 Å². The van der Waals surface area contributed by atoms with Gasteiger partial charge in [-0.15, -0.1) is 0 Å². The Bertz CT molecular complexity index is 1050. The number of nitrogens with one attached hydrogen (secondary N) is 2. The standard InChI is InChI=1S/C23H30N4O4S/c1-5-30-21(28)19-17(25-22(29)26-20(19)18-11-10-13(2)31-18)12-32-23-24-14(3)15(4)27(23)16-8-6-7-9-16/h10-11,16,20H,5-9,12H2,1-4H3,(H2,25,26,29). The molecule has 1 fully saturated rings. The molecule has 2 aromatic heterocycles. The van der Waals surface area contributed by atoms with Crippen LogP contribution in [0.1, 0.15) is 67.6 Å². The number of carbonyl (C=O) groups is 2. The van der Waals surface area contributed by atoms with Crippen LogP contribution in [0.25, 0.3) is 0 Å². The van der Waals surface area contributed by atoms with E-state index >= 15 is 0 Å². The topological polar surface area (TPSA) is 98.4 Å². The molecular formula is C23H30N4O4S. The van der Waals surface area contributed by atoms with E-state index in [9.17, 15) is 9.59 Å². The fourth-order valence-corrected chi connectivity index (χ4v) is 5.56. The number of hydrogen-bond donors (Lipinski definition) is 2. The Kier molecular flexibility index (Phi) is 6.64. The van der Waals surface area contributed by atoms with Crippen LogP contribution >= 0.6 is 11.8 Å². The highest BCUT2D eigenvalue weighted by Gasteiger charge is 2.36. The Morgan fingerprint density at radius 1 is 1.28 bits per heavy atom. The lowest BCUT2D eigenvalue weighted by atomic mass is 10.0. The van der Waals surface area contributed by atoms with E-state index in [1.165, 1.54) is 30.3 Å². The minimum absolute atomic E-state index is 0.241. The largest absolute Gasteiger partial charge is 0.464 e. The second-order valence-corrected chi connectivity index (χ2v) is 9.20. The number of aromatic nitrogens is 2. The number of thioether (sulfide) groups is 1. The van der Waals surface area contributed by atoms with Crippen molar-refractivity contribution in [2.24, 2.45) is 0 Å². The van der Waals surface area contributed by atoms with Crippen LogP contribution in [-0.4, -0.2) is 33.9 Å². The van der Waals surface area contributed by atoms with Crippen molar-refractivity contribution in [3.05, 3.63) is 46.3 Å². The smallest absolute Gasteiger partial charge is 0.338 e. The second kappa shape index (κ2) is 9.44. The van der Waals surface area contributed by atoms with Gasteiger partial charge in [-0.1, -0.05) is 24.6 Å². The Balaban J connectivity index is 1.67. The number of amides is 2. The van der Waals surface area contributed by atoms with E-state index in [-0.39, 0.29) is 12.6 Å². The molecule has 0 spiro atoms. The summed E-state index contributed by atoms with van der Waals surface area (Å²) in [5.74, 6) is 1.13. The zero-order valence-corrected chi connectivity index (χ0v) is 19.8. The summed E-state index contributed by atoms with van der Waals surface area (Å²) >= 11 is 1.53. The lowest BCUT2D eigenvalue weighted by Crippen LogP contribution is -2.46. The molecular weight excluding hydrogens is 428 g/mol. The van der Waals surface area contributed by atoms with Crippen molar-refractivity contribution in [3.8, 4) is 0 Å². The molecule has 32 heavy (non-hydrogen) atoms. The molecule has 1 atom stereocenters. The van der Waals surface area contributed by atoms with Crippen molar-refractivity contribution in [3.63, 3.8) is 0 Å². The number of nitrogens with zero attached hydrogens (tertiary/aromatic N) is 2. The Labute approximate surface area is 192 Å². The summed E-state index contributed by atoms with van der Waals surface area (Å²) in [6.07, 6.45) is 4.77. The Morgan fingerprint density at radius 2 is 2.03 bits per heavy atom. The molecule has 1 unspecified atom stereocenters. The van der Waals surface area contributed by atoms with Crippen LogP contribution in [0.5, 0.6) is 0 Å². The summed E-state index contributed by atoms with van der Waals surface area (Å²) in [5, 5.41) is 6.54. The molecule has 0 radical (unpaired) electrons. The highest BCUT2D eigenvalue weighted by Crippen LogP contribution is 2.37. The molecule has 0 aromatic carbocycles. The summed E-state index contributed by atoms with van der Waals surface area (Å²) in [6.45, 7) is 7.96. The number of rotatable bonds is 7. The maximum atomic E-state index is 12.9. The first-order valence-corrected chi connectivity index (χ1v) is 12.1. The Morgan fingerprint density at radius 3 is 2.69 bits per heavy atom. The zero-order chi connectivity index (χ0) is 22.8.